The van der Waals surface area contributed by atoms with Gasteiger partial charge in [-0.2, -0.15) is 0 Å². The Hall–Kier alpha value is -0.0400. The zero-order chi connectivity index (χ0) is 11.3. The van der Waals surface area contributed by atoms with Crippen LogP contribution in [0.2, 0.25) is 0 Å². The lowest BCUT2D eigenvalue weighted by Crippen LogP contribution is -2.38. The zero-order valence-corrected chi connectivity index (χ0v) is 10.8. The van der Waals surface area contributed by atoms with Crippen LogP contribution in [-0.4, -0.2) is 10.7 Å². The number of rotatable bonds is 1. The average molecular weight is 222 g/mol. The van der Waals surface area contributed by atoms with Gasteiger partial charge >= 0.3 is 0 Å². The summed E-state index contributed by atoms with van der Waals surface area (Å²) in [5, 5.41) is 10.4. The van der Waals surface area contributed by atoms with Crippen LogP contribution in [0.5, 0.6) is 0 Å². The molecule has 3 fully saturated rings. The van der Waals surface area contributed by atoms with Crippen LogP contribution in [0, 0.1) is 29.6 Å². The van der Waals surface area contributed by atoms with Crippen molar-refractivity contribution in [2.45, 2.75) is 64.4 Å². The van der Waals surface area contributed by atoms with E-state index in [-0.39, 0.29) is 0 Å². The van der Waals surface area contributed by atoms with E-state index in [2.05, 4.69) is 0 Å². The Morgan fingerprint density at radius 1 is 0.938 bits per heavy atom. The van der Waals surface area contributed by atoms with Crippen LogP contribution in [0.3, 0.4) is 0 Å². The molecule has 0 bridgehead atoms. The normalized spacial score (nSPS) is 47.8. The summed E-state index contributed by atoms with van der Waals surface area (Å²) in [6.07, 6.45) is 10.0. The molecule has 5 unspecified atom stereocenters. The van der Waals surface area contributed by atoms with Crippen molar-refractivity contribution in [2.75, 3.05) is 0 Å². The molecule has 0 amide bonds. The smallest absolute Gasteiger partial charge is 0.0622 e. The summed E-state index contributed by atoms with van der Waals surface area (Å²) in [6, 6.07) is 0. The van der Waals surface area contributed by atoms with E-state index >= 15 is 0 Å². The maximum absolute atomic E-state index is 10.4. The molecule has 16 heavy (non-hydrogen) atoms. The Kier molecular flexibility index (Phi) is 2.58. The van der Waals surface area contributed by atoms with Gasteiger partial charge in [0.15, 0.2) is 0 Å². The van der Waals surface area contributed by atoms with Crippen LogP contribution in [0.25, 0.3) is 0 Å². The van der Waals surface area contributed by atoms with E-state index in [0.717, 1.165) is 23.7 Å². The van der Waals surface area contributed by atoms with Crippen LogP contribution in [-0.2, 0) is 0 Å². The van der Waals surface area contributed by atoms with Crippen LogP contribution in [0.4, 0.5) is 0 Å². The van der Waals surface area contributed by atoms with E-state index in [9.17, 15) is 5.11 Å². The topological polar surface area (TPSA) is 20.2 Å². The maximum atomic E-state index is 10.4. The lowest BCUT2D eigenvalue weighted by molar-refractivity contribution is -0.0189. The predicted octanol–water partition coefficient (Wildman–Crippen LogP) is 3.61. The fourth-order valence-corrected chi connectivity index (χ4v) is 5.31. The molecule has 0 aromatic rings. The summed E-state index contributed by atoms with van der Waals surface area (Å²) in [6.45, 7) is 4.08. The van der Waals surface area contributed by atoms with Gasteiger partial charge in [-0.05, 0) is 56.3 Å². The van der Waals surface area contributed by atoms with Gasteiger partial charge in [-0.15, -0.1) is 0 Å². The first-order valence-corrected chi connectivity index (χ1v) is 7.30. The quantitative estimate of drug-likeness (QED) is 0.718. The number of aliphatic hydroxyl groups is 1. The highest BCUT2D eigenvalue weighted by Crippen LogP contribution is 2.58. The molecule has 92 valence electrons. The molecule has 3 saturated carbocycles. The molecule has 0 spiro atoms. The molecule has 0 heterocycles. The molecule has 3 aliphatic carbocycles. The van der Waals surface area contributed by atoms with Gasteiger partial charge in [-0.3, -0.25) is 0 Å². The fourth-order valence-electron chi connectivity index (χ4n) is 5.31. The highest BCUT2D eigenvalue weighted by molar-refractivity contribution is 5.02. The monoisotopic (exact) mass is 222 g/mol. The van der Waals surface area contributed by atoms with Gasteiger partial charge in [0.05, 0.1) is 5.60 Å². The van der Waals surface area contributed by atoms with E-state index in [1.165, 1.54) is 44.9 Å². The summed E-state index contributed by atoms with van der Waals surface area (Å²) in [4.78, 5) is 0. The Morgan fingerprint density at radius 3 is 2.25 bits per heavy atom. The van der Waals surface area contributed by atoms with Crippen molar-refractivity contribution in [3.63, 3.8) is 0 Å². The summed E-state index contributed by atoms with van der Waals surface area (Å²) in [5.41, 5.74) is -0.441. The lowest BCUT2D eigenvalue weighted by atomic mass is 9.63. The minimum absolute atomic E-state index is 0.441. The van der Waals surface area contributed by atoms with Crippen molar-refractivity contribution in [3.8, 4) is 0 Å². The third kappa shape index (κ3) is 1.63. The van der Waals surface area contributed by atoms with Gasteiger partial charge < -0.3 is 5.11 Å². The van der Waals surface area contributed by atoms with Gasteiger partial charge in [0.1, 0.15) is 0 Å². The van der Waals surface area contributed by atoms with E-state index in [1.54, 1.807) is 0 Å². The van der Waals surface area contributed by atoms with Crippen LogP contribution in [0.15, 0.2) is 0 Å². The summed E-state index contributed by atoms with van der Waals surface area (Å²) < 4.78 is 0. The zero-order valence-electron chi connectivity index (χ0n) is 10.8. The second-order valence-electron chi connectivity index (χ2n) is 7.12. The molecule has 1 N–H and O–H groups in total. The third-order valence-corrected chi connectivity index (χ3v) is 5.83. The van der Waals surface area contributed by atoms with E-state index in [4.69, 9.17) is 0 Å². The van der Waals surface area contributed by atoms with Crippen molar-refractivity contribution in [2.24, 2.45) is 29.6 Å². The largest absolute Gasteiger partial charge is 0.390 e. The molecule has 1 nitrogen and oxygen atoms in total. The van der Waals surface area contributed by atoms with E-state index in [1.807, 2.05) is 13.8 Å². The van der Waals surface area contributed by atoms with Gasteiger partial charge in [0.2, 0.25) is 0 Å². The SMILES string of the molecule is CC(C)(O)C1CC2CCCC3CCCC1C32. The summed E-state index contributed by atoms with van der Waals surface area (Å²) in [7, 11) is 0. The van der Waals surface area contributed by atoms with Crippen LogP contribution in [0.1, 0.15) is 58.8 Å². The highest BCUT2D eigenvalue weighted by Gasteiger charge is 2.52. The Morgan fingerprint density at radius 2 is 1.56 bits per heavy atom. The summed E-state index contributed by atoms with van der Waals surface area (Å²) in [5.74, 6) is 4.40. The van der Waals surface area contributed by atoms with Gasteiger partial charge in [0, 0.05) is 0 Å². The first kappa shape index (κ1) is 11.1. The maximum Gasteiger partial charge on any atom is 0.0622 e. The van der Waals surface area contributed by atoms with Gasteiger partial charge in [0.25, 0.3) is 0 Å². The first-order valence-electron chi connectivity index (χ1n) is 7.30. The molecule has 0 radical (unpaired) electrons. The minimum atomic E-state index is -0.441. The Balaban J connectivity index is 1.86. The van der Waals surface area contributed by atoms with Crippen molar-refractivity contribution in [1.29, 1.82) is 0 Å². The molecular formula is C15H26O. The fraction of sp³-hybridized carbons (Fsp3) is 1.00. The first-order chi connectivity index (χ1) is 7.57. The number of hydrogen-bond acceptors (Lipinski definition) is 1. The molecule has 3 rings (SSSR count). The molecule has 0 saturated heterocycles. The lowest BCUT2D eigenvalue weighted by Gasteiger charge is -2.43. The molecule has 0 aromatic heterocycles. The Bertz CT molecular complexity index is 261. The van der Waals surface area contributed by atoms with Gasteiger partial charge in [-0.1, -0.05) is 32.1 Å². The van der Waals surface area contributed by atoms with Crippen molar-refractivity contribution in [3.05, 3.63) is 0 Å². The second-order valence-corrected chi connectivity index (χ2v) is 7.12. The molecular weight excluding hydrogens is 196 g/mol. The van der Waals surface area contributed by atoms with Crippen molar-refractivity contribution < 1.29 is 5.11 Å². The molecule has 0 aliphatic heterocycles. The standard InChI is InChI=1S/C15H26O/c1-15(2,16)13-9-11-7-3-5-10-6-4-8-12(13)14(10)11/h10-14,16H,3-9H2,1-2H3. The molecule has 1 heteroatoms. The van der Waals surface area contributed by atoms with Gasteiger partial charge in [-0.25, -0.2) is 0 Å². The second kappa shape index (κ2) is 3.73. The minimum Gasteiger partial charge on any atom is -0.390 e. The molecule has 0 aromatic carbocycles. The van der Waals surface area contributed by atoms with Crippen LogP contribution >= 0.6 is 0 Å². The van der Waals surface area contributed by atoms with Crippen molar-refractivity contribution in [1.82, 2.24) is 0 Å². The van der Waals surface area contributed by atoms with Crippen LogP contribution < -0.4 is 0 Å². The van der Waals surface area contributed by atoms with Crippen molar-refractivity contribution >= 4 is 0 Å². The van der Waals surface area contributed by atoms with E-state index in [0.29, 0.717) is 5.92 Å². The molecule has 5 atom stereocenters. The predicted molar refractivity (Wildman–Crippen MR) is 66.1 cm³/mol. The molecule has 3 aliphatic rings. The number of hydrogen-bond donors (Lipinski definition) is 1. The third-order valence-electron chi connectivity index (χ3n) is 5.83. The summed E-state index contributed by atoms with van der Waals surface area (Å²) >= 11 is 0. The average Bonchev–Trinajstić information content (AvgIpc) is 2.60. The Labute approximate surface area is 99.6 Å². The van der Waals surface area contributed by atoms with E-state index < -0.39 is 5.60 Å². The highest BCUT2D eigenvalue weighted by atomic mass is 16.3.